The Hall–Kier alpha value is -4.28. The van der Waals surface area contributed by atoms with Crippen molar-refractivity contribution < 1.29 is 9.59 Å². The first-order valence-corrected chi connectivity index (χ1v) is 11.6. The van der Waals surface area contributed by atoms with Crippen LogP contribution in [-0.2, 0) is 7.05 Å². The molecule has 0 spiro atoms. The Balaban J connectivity index is 1.24. The van der Waals surface area contributed by atoms with Gasteiger partial charge in [-0.2, -0.15) is 10.2 Å². The third-order valence-electron chi connectivity index (χ3n) is 5.12. The molecule has 0 aliphatic rings. The van der Waals surface area contributed by atoms with Crippen LogP contribution in [0.25, 0.3) is 16.9 Å². The lowest BCUT2D eigenvalue weighted by Gasteiger charge is -2.05. The summed E-state index contributed by atoms with van der Waals surface area (Å²) in [4.78, 5) is 30.2. The molecule has 0 unspecified atom stereocenters. The molecule has 3 aromatic heterocycles. The quantitative estimate of drug-likeness (QED) is 0.343. The second kappa shape index (κ2) is 9.53. The Morgan fingerprint density at radius 1 is 0.914 bits per heavy atom. The number of rotatable bonds is 6. The van der Waals surface area contributed by atoms with Crippen LogP contribution in [0.3, 0.4) is 0 Å². The van der Waals surface area contributed by atoms with Crippen LogP contribution in [-0.4, -0.2) is 36.4 Å². The highest BCUT2D eigenvalue weighted by atomic mass is 35.5. The average Bonchev–Trinajstić information content (AvgIpc) is 3.62. The van der Waals surface area contributed by atoms with E-state index in [4.69, 9.17) is 11.6 Å². The molecule has 0 saturated heterocycles. The molecule has 2 amide bonds. The molecular weight excluding hydrogens is 486 g/mol. The zero-order valence-corrected chi connectivity index (χ0v) is 19.9. The maximum Gasteiger partial charge on any atom is 0.266 e. The molecule has 0 fully saturated rings. The number of hydrogen-bond acceptors (Lipinski definition) is 6. The van der Waals surface area contributed by atoms with Gasteiger partial charge in [-0.05, 0) is 48.5 Å². The van der Waals surface area contributed by atoms with Crippen molar-refractivity contribution in [3.63, 3.8) is 0 Å². The van der Waals surface area contributed by atoms with Crippen LogP contribution >= 0.6 is 22.9 Å². The zero-order valence-electron chi connectivity index (χ0n) is 18.3. The summed E-state index contributed by atoms with van der Waals surface area (Å²) in [5, 5.41) is 14.8. The van der Waals surface area contributed by atoms with Gasteiger partial charge >= 0.3 is 0 Å². The van der Waals surface area contributed by atoms with Gasteiger partial charge in [0.25, 0.3) is 11.8 Å². The predicted molar refractivity (Wildman–Crippen MR) is 135 cm³/mol. The summed E-state index contributed by atoms with van der Waals surface area (Å²) in [7, 11) is 1.75. The molecule has 0 bridgehead atoms. The molecular formula is C24H18ClN7O2S. The Morgan fingerprint density at radius 2 is 1.60 bits per heavy atom. The smallest absolute Gasteiger partial charge is 0.266 e. The summed E-state index contributed by atoms with van der Waals surface area (Å²) in [6, 6.07) is 19.5. The minimum absolute atomic E-state index is 0.298. The molecule has 2 aromatic carbocycles. The fourth-order valence-electron chi connectivity index (χ4n) is 3.34. The Labute approximate surface area is 209 Å². The predicted octanol–water partition coefficient (Wildman–Crippen LogP) is 4.89. The van der Waals surface area contributed by atoms with E-state index < -0.39 is 0 Å². The number of anilines is 2. The first-order valence-electron chi connectivity index (χ1n) is 10.4. The van der Waals surface area contributed by atoms with Gasteiger partial charge in [-0.3, -0.25) is 14.3 Å². The number of thiophene rings is 1. The molecule has 2 N–H and O–H groups in total. The maximum atomic E-state index is 12.8. The largest absolute Gasteiger partial charge is 0.321 e. The van der Waals surface area contributed by atoms with Gasteiger partial charge in [-0.1, -0.05) is 23.7 Å². The van der Waals surface area contributed by atoms with Crippen LogP contribution in [0.2, 0.25) is 5.02 Å². The topological polar surface area (TPSA) is 107 Å². The van der Waals surface area contributed by atoms with Crippen molar-refractivity contribution in [1.82, 2.24) is 24.5 Å². The van der Waals surface area contributed by atoms with E-state index in [9.17, 15) is 9.59 Å². The van der Waals surface area contributed by atoms with Crippen LogP contribution in [0, 0.1) is 0 Å². The van der Waals surface area contributed by atoms with Gasteiger partial charge in [0.1, 0.15) is 18.5 Å². The second-order valence-electron chi connectivity index (χ2n) is 7.50. The molecule has 174 valence electrons. The normalized spacial score (nSPS) is 10.8. The van der Waals surface area contributed by atoms with Crippen LogP contribution < -0.4 is 10.6 Å². The highest BCUT2D eigenvalue weighted by Crippen LogP contribution is 2.25. The molecule has 3 heterocycles. The van der Waals surface area contributed by atoms with Gasteiger partial charge < -0.3 is 10.6 Å². The molecule has 0 aliphatic carbocycles. The van der Waals surface area contributed by atoms with Crippen LogP contribution in [0.5, 0.6) is 0 Å². The van der Waals surface area contributed by atoms with Gasteiger partial charge in [0, 0.05) is 29.4 Å². The van der Waals surface area contributed by atoms with Crippen LogP contribution in [0.4, 0.5) is 11.5 Å². The molecule has 5 aromatic rings. The number of amides is 2. The lowest BCUT2D eigenvalue weighted by Crippen LogP contribution is -2.13. The van der Waals surface area contributed by atoms with Crippen molar-refractivity contribution in [3.8, 4) is 16.9 Å². The average molecular weight is 504 g/mol. The van der Waals surface area contributed by atoms with E-state index in [0.717, 1.165) is 22.6 Å². The minimum atomic E-state index is -0.322. The number of nitrogens with zero attached hydrogens (tertiary/aromatic N) is 5. The van der Waals surface area contributed by atoms with E-state index in [1.807, 2.05) is 24.3 Å². The van der Waals surface area contributed by atoms with Crippen LogP contribution in [0.15, 0.2) is 79.4 Å². The highest BCUT2D eigenvalue weighted by Gasteiger charge is 2.16. The van der Waals surface area contributed by atoms with Crippen molar-refractivity contribution in [2.75, 3.05) is 10.6 Å². The molecule has 35 heavy (non-hydrogen) atoms. The molecule has 0 saturated carbocycles. The van der Waals surface area contributed by atoms with E-state index in [2.05, 4.69) is 25.8 Å². The highest BCUT2D eigenvalue weighted by molar-refractivity contribution is 7.16. The van der Waals surface area contributed by atoms with Crippen molar-refractivity contribution >= 4 is 46.3 Å². The fraction of sp³-hybridized carbons (Fsp3) is 0.0417. The lowest BCUT2D eigenvalue weighted by molar-refractivity contribution is 0.102. The monoisotopic (exact) mass is 503 g/mol. The maximum absolute atomic E-state index is 12.8. The number of carbonyl (C=O) groups excluding carboxylic acids is 2. The number of carbonyl (C=O) groups is 2. The lowest BCUT2D eigenvalue weighted by atomic mass is 10.1. The summed E-state index contributed by atoms with van der Waals surface area (Å²) in [5.41, 5.74) is 3.04. The summed E-state index contributed by atoms with van der Waals surface area (Å²) in [5.74, 6) is -0.0863. The number of aromatic nitrogens is 5. The molecule has 5 rings (SSSR count). The summed E-state index contributed by atoms with van der Waals surface area (Å²) >= 11 is 7.06. The SMILES string of the molecule is Cn1nc(-c2ccc(Cl)cc2)cc1NC(=O)c1ccc(C(=O)Nc2ccc(-n3cncn3)cc2)s1. The number of nitrogens with one attached hydrogen (secondary N) is 2. The first-order chi connectivity index (χ1) is 17.0. The second-order valence-corrected chi connectivity index (χ2v) is 9.02. The Kier molecular flexibility index (Phi) is 6.13. The summed E-state index contributed by atoms with van der Waals surface area (Å²) < 4.78 is 3.21. The third kappa shape index (κ3) is 4.98. The van der Waals surface area contributed by atoms with E-state index >= 15 is 0 Å². The number of halogens is 1. The number of aryl methyl sites for hydroxylation is 1. The summed E-state index contributed by atoms with van der Waals surface area (Å²) in [6.45, 7) is 0. The number of hydrogen-bond donors (Lipinski definition) is 2. The van der Waals surface area contributed by atoms with Crippen LogP contribution in [0.1, 0.15) is 19.3 Å². The molecule has 0 aliphatic heterocycles. The Morgan fingerprint density at radius 3 is 2.26 bits per heavy atom. The third-order valence-corrected chi connectivity index (χ3v) is 6.46. The molecule has 0 atom stereocenters. The van der Waals surface area contributed by atoms with Gasteiger partial charge in [0.2, 0.25) is 0 Å². The van der Waals surface area contributed by atoms with Crippen molar-refractivity contribution in [2.45, 2.75) is 0 Å². The standard InChI is InChI=1S/C24H18ClN7O2S/c1-31-22(12-19(30-31)15-2-4-16(25)5-3-15)29-24(34)21-11-10-20(35-21)23(33)28-17-6-8-18(9-7-17)32-14-26-13-27-32/h2-14H,1H3,(H,28,33)(H,29,34). The molecule has 9 nitrogen and oxygen atoms in total. The van der Waals surface area contributed by atoms with Crippen molar-refractivity contribution in [3.05, 3.63) is 94.2 Å². The molecule has 11 heteroatoms. The van der Waals surface area contributed by atoms with Gasteiger partial charge in [-0.15, -0.1) is 11.3 Å². The summed E-state index contributed by atoms with van der Waals surface area (Å²) in [6.07, 6.45) is 3.04. The molecule has 0 radical (unpaired) electrons. The fourth-order valence-corrected chi connectivity index (χ4v) is 4.26. The van der Waals surface area contributed by atoms with Gasteiger partial charge in [0.05, 0.1) is 21.1 Å². The first kappa shape index (κ1) is 22.5. The zero-order chi connectivity index (χ0) is 24.4. The number of benzene rings is 2. The van der Waals surface area contributed by atoms with Crippen molar-refractivity contribution in [2.24, 2.45) is 7.05 Å². The van der Waals surface area contributed by atoms with Crippen molar-refractivity contribution in [1.29, 1.82) is 0 Å². The van der Waals surface area contributed by atoms with E-state index in [1.54, 1.807) is 65.2 Å². The van der Waals surface area contributed by atoms with Gasteiger partial charge in [0.15, 0.2) is 0 Å². The van der Waals surface area contributed by atoms with E-state index in [1.165, 1.54) is 6.33 Å². The van der Waals surface area contributed by atoms with E-state index in [0.29, 0.717) is 32.0 Å². The Bertz CT molecular complexity index is 1490. The minimum Gasteiger partial charge on any atom is -0.321 e. The van der Waals surface area contributed by atoms with Gasteiger partial charge in [-0.25, -0.2) is 9.67 Å². The van der Waals surface area contributed by atoms with E-state index in [-0.39, 0.29) is 11.8 Å².